The number of nitrogens with one attached hydrogen (secondary N) is 2. The Morgan fingerprint density at radius 2 is 1.61 bits per heavy atom. The van der Waals surface area contributed by atoms with Crippen LogP contribution in [0.25, 0.3) is 0 Å². The van der Waals surface area contributed by atoms with Crippen LogP contribution in [0, 0.1) is 5.92 Å². The van der Waals surface area contributed by atoms with Crippen LogP contribution in [0.2, 0.25) is 0 Å². The molecule has 8 nitrogen and oxygen atoms in total. The summed E-state index contributed by atoms with van der Waals surface area (Å²) >= 11 is 0. The third-order valence-electron chi connectivity index (χ3n) is 3.83. The molecule has 0 fully saturated rings. The van der Waals surface area contributed by atoms with Crippen molar-refractivity contribution in [3.63, 3.8) is 0 Å². The highest BCUT2D eigenvalue weighted by molar-refractivity contribution is 5.88. The maximum atomic E-state index is 12.6. The molecule has 0 saturated heterocycles. The van der Waals surface area contributed by atoms with E-state index in [2.05, 4.69) is 10.6 Å². The topological polar surface area (TPSA) is 114 Å². The molecule has 1 aromatic carbocycles. The summed E-state index contributed by atoms with van der Waals surface area (Å²) in [5.41, 5.74) is -0.234. The molecule has 8 heteroatoms. The summed E-state index contributed by atoms with van der Waals surface area (Å²) in [6.45, 7) is 8.59. The van der Waals surface area contributed by atoms with Gasteiger partial charge in [0.1, 0.15) is 11.6 Å². The maximum Gasteiger partial charge on any atom is 0.408 e. The van der Waals surface area contributed by atoms with E-state index in [1.54, 1.807) is 65.0 Å². The van der Waals surface area contributed by atoms with Crippen LogP contribution in [0.1, 0.15) is 46.2 Å². The lowest BCUT2D eigenvalue weighted by molar-refractivity contribution is -0.148. The van der Waals surface area contributed by atoms with Crippen LogP contribution in [0.3, 0.4) is 0 Å². The average Bonchev–Trinajstić information content (AvgIpc) is 2.61. The minimum absolute atomic E-state index is 0.252. The Hall–Kier alpha value is -2.61. The second-order valence-corrected chi connectivity index (χ2v) is 7.73. The molecule has 0 aliphatic rings. The minimum atomic E-state index is -1.65. The highest BCUT2D eigenvalue weighted by Gasteiger charge is 2.34. The predicted molar refractivity (Wildman–Crippen MR) is 103 cm³/mol. The molecule has 0 aliphatic carbocycles. The van der Waals surface area contributed by atoms with Gasteiger partial charge in [-0.05, 0) is 32.3 Å². The van der Waals surface area contributed by atoms with Gasteiger partial charge in [-0.2, -0.15) is 0 Å². The second-order valence-electron chi connectivity index (χ2n) is 7.73. The fourth-order valence-corrected chi connectivity index (χ4v) is 2.45. The summed E-state index contributed by atoms with van der Waals surface area (Å²) in [6.07, 6.45) is -2.43. The molecule has 0 aliphatic heterocycles. The highest BCUT2D eigenvalue weighted by atomic mass is 16.6. The predicted octanol–water partition coefficient (Wildman–Crippen LogP) is 1.93. The van der Waals surface area contributed by atoms with Crippen molar-refractivity contribution in [2.45, 2.75) is 58.4 Å². The molecular weight excluding hydrogens is 364 g/mol. The van der Waals surface area contributed by atoms with Gasteiger partial charge in [-0.25, -0.2) is 9.59 Å². The van der Waals surface area contributed by atoms with E-state index in [4.69, 9.17) is 9.47 Å². The van der Waals surface area contributed by atoms with Crippen LogP contribution in [-0.4, -0.2) is 47.9 Å². The number of aliphatic hydroxyl groups is 1. The maximum absolute atomic E-state index is 12.6. The lowest BCUT2D eigenvalue weighted by Crippen LogP contribution is -2.52. The number of carbonyl (C=O) groups is 3. The molecule has 0 spiro atoms. The third kappa shape index (κ3) is 7.19. The van der Waals surface area contributed by atoms with Crippen LogP contribution in [0.5, 0.6) is 0 Å². The number of hydrogen-bond acceptors (Lipinski definition) is 6. The number of rotatable bonds is 7. The first-order chi connectivity index (χ1) is 13.0. The number of amides is 2. The summed E-state index contributed by atoms with van der Waals surface area (Å²) in [5.74, 6) is -1.68. The van der Waals surface area contributed by atoms with Gasteiger partial charge in [-0.3, -0.25) is 4.79 Å². The normalized spacial score (nSPS) is 14.6. The molecule has 0 aromatic heterocycles. The van der Waals surface area contributed by atoms with E-state index in [1.165, 1.54) is 7.11 Å². The smallest absolute Gasteiger partial charge is 0.408 e. The third-order valence-corrected chi connectivity index (χ3v) is 3.83. The first kappa shape index (κ1) is 23.4. The van der Waals surface area contributed by atoms with Gasteiger partial charge in [0, 0.05) is 0 Å². The summed E-state index contributed by atoms with van der Waals surface area (Å²) in [7, 11) is 1.22. The van der Waals surface area contributed by atoms with Crippen LogP contribution in [-0.2, 0) is 19.1 Å². The van der Waals surface area contributed by atoms with Crippen molar-refractivity contribution in [1.82, 2.24) is 10.6 Å². The summed E-state index contributed by atoms with van der Waals surface area (Å²) in [6, 6.07) is 6.54. The highest BCUT2D eigenvalue weighted by Crippen LogP contribution is 2.19. The van der Waals surface area contributed by atoms with Gasteiger partial charge < -0.3 is 25.2 Å². The first-order valence-electron chi connectivity index (χ1n) is 9.07. The zero-order chi connectivity index (χ0) is 21.5. The Morgan fingerprint density at radius 1 is 1.04 bits per heavy atom. The fourth-order valence-electron chi connectivity index (χ4n) is 2.45. The van der Waals surface area contributed by atoms with Crippen molar-refractivity contribution < 1.29 is 29.0 Å². The van der Waals surface area contributed by atoms with Gasteiger partial charge in [0.2, 0.25) is 0 Å². The van der Waals surface area contributed by atoms with Gasteiger partial charge in [0.15, 0.2) is 6.10 Å². The summed E-state index contributed by atoms with van der Waals surface area (Å²) < 4.78 is 9.92. The number of methoxy groups -OCH3 is 1. The van der Waals surface area contributed by atoms with Crippen molar-refractivity contribution in [1.29, 1.82) is 0 Å². The van der Waals surface area contributed by atoms with Gasteiger partial charge in [0.25, 0.3) is 5.91 Å². The van der Waals surface area contributed by atoms with Crippen molar-refractivity contribution in [3.8, 4) is 0 Å². The van der Waals surface area contributed by atoms with Crippen LogP contribution in [0.15, 0.2) is 30.3 Å². The van der Waals surface area contributed by atoms with Gasteiger partial charge in [-0.15, -0.1) is 0 Å². The molecule has 156 valence electrons. The number of carbonyl (C=O) groups excluding carboxylic acids is 3. The monoisotopic (exact) mass is 394 g/mol. The van der Waals surface area contributed by atoms with E-state index < -0.39 is 41.8 Å². The minimum Gasteiger partial charge on any atom is -0.467 e. The molecule has 2 amide bonds. The van der Waals surface area contributed by atoms with Crippen LogP contribution >= 0.6 is 0 Å². The van der Waals surface area contributed by atoms with Crippen LogP contribution < -0.4 is 10.6 Å². The Labute approximate surface area is 165 Å². The number of benzene rings is 1. The summed E-state index contributed by atoms with van der Waals surface area (Å²) in [4.78, 5) is 36.7. The van der Waals surface area contributed by atoms with Crippen molar-refractivity contribution in [2.75, 3.05) is 7.11 Å². The molecule has 28 heavy (non-hydrogen) atoms. The van der Waals surface area contributed by atoms with Crippen LogP contribution in [0.4, 0.5) is 4.79 Å². The second kappa shape index (κ2) is 10.1. The van der Waals surface area contributed by atoms with Gasteiger partial charge in [-0.1, -0.05) is 44.2 Å². The largest absolute Gasteiger partial charge is 0.467 e. The zero-order valence-electron chi connectivity index (χ0n) is 17.2. The Kier molecular flexibility index (Phi) is 8.43. The molecule has 0 saturated carbocycles. The van der Waals surface area contributed by atoms with Crippen molar-refractivity contribution in [3.05, 3.63) is 35.9 Å². The number of esters is 1. The molecule has 1 aromatic rings. The number of alkyl carbamates (subject to hydrolysis) is 1. The zero-order valence-corrected chi connectivity index (χ0v) is 17.2. The molecule has 3 unspecified atom stereocenters. The molecule has 3 atom stereocenters. The standard InChI is InChI=1S/C20H30N2O6/c1-12(2)14(18(25)27-6)21-17(24)16(23)15(13-10-8-7-9-11-13)22-19(26)28-20(3,4)5/h7-12,14-16,23H,1-6H3,(H,21,24)(H,22,26). The van der Waals surface area contributed by atoms with Crippen molar-refractivity contribution in [2.24, 2.45) is 5.92 Å². The average molecular weight is 394 g/mol. The van der Waals surface area contributed by atoms with E-state index in [0.717, 1.165) is 0 Å². The molecule has 0 heterocycles. The molecule has 1 rings (SSSR count). The molecule has 0 bridgehead atoms. The van der Waals surface area contributed by atoms with Gasteiger partial charge >= 0.3 is 12.1 Å². The van der Waals surface area contributed by atoms with E-state index >= 15 is 0 Å². The fraction of sp³-hybridized carbons (Fsp3) is 0.550. The molecule has 3 N–H and O–H groups in total. The number of aliphatic hydroxyl groups excluding tert-OH is 1. The van der Waals surface area contributed by atoms with E-state index in [9.17, 15) is 19.5 Å². The lowest BCUT2D eigenvalue weighted by atomic mass is 9.99. The number of ether oxygens (including phenoxy) is 2. The van der Waals surface area contributed by atoms with Crippen molar-refractivity contribution >= 4 is 18.0 Å². The summed E-state index contributed by atoms with van der Waals surface area (Å²) in [5, 5.41) is 15.6. The molecule has 0 radical (unpaired) electrons. The first-order valence-corrected chi connectivity index (χ1v) is 9.07. The van der Waals surface area contributed by atoms with E-state index in [-0.39, 0.29) is 5.92 Å². The SMILES string of the molecule is COC(=O)C(NC(=O)C(O)C(NC(=O)OC(C)(C)C)c1ccccc1)C(C)C. The van der Waals surface area contributed by atoms with Gasteiger partial charge in [0.05, 0.1) is 13.2 Å². The Bertz CT molecular complexity index is 669. The van der Waals surface area contributed by atoms with E-state index in [0.29, 0.717) is 5.56 Å². The quantitative estimate of drug-likeness (QED) is 0.609. The molecular formula is C20H30N2O6. The Balaban J connectivity index is 3.04. The Morgan fingerprint density at radius 3 is 2.07 bits per heavy atom. The number of hydrogen-bond donors (Lipinski definition) is 3. The van der Waals surface area contributed by atoms with E-state index in [1.807, 2.05) is 0 Å². The lowest BCUT2D eigenvalue weighted by Gasteiger charge is -2.28.